The highest BCUT2D eigenvalue weighted by atomic mass is 32.1. The number of benzene rings is 1. The summed E-state index contributed by atoms with van der Waals surface area (Å²) < 4.78 is 8.16. The van der Waals surface area contributed by atoms with Crippen molar-refractivity contribution in [2.45, 2.75) is 13.3 Å². The summed E-state index contributed by atoms with van der Waals surface area (Å²) in [6.07, 6.45) is 0.858. The molecule has 96 valence electrons. The summed E-state index contributed by atoms with van der Waals surface area (Å²) in [5.41, 5.74) is 0.964. The Morgan fingerprint density at radius 3 is 2.68 bits per heavy atom. The normalized spacial score (nSPS) is 10.8. The molecule has 0 atom stereocenters. The van der Waals surface area contributed by atoms with Crippen LogP contribution in [0.3, 0.4) is 0 Å². The van der Waals surface area contributed by atoms with Gasteiger partial charge in [-0.05, 0) is 36.5 Å². The van der Waals surface area contributed by atoms with Crippen LogP contribution in [0, 0.1) is 4.77 Å². The molecule has 0 bridgehead atoms. The third-order valence-electron chi connectivity index (χ3n) is 2.92. The molecule has 1 N–H and O–H groups in total. The number of hydrogen-bond acceptors (Lipinski definition) is 3. The lowest BCUT2D eigenvalue weighted by Crippen LogP contribution is -1.96. The van der Waals surface area contributed by atoms with Gasteiger partial charge in [-0.2, -0.15) is 5.10 Å². The second kappa shape index (κ2) is 4.85. The lowest BCUT2D eigenvalue weighted by atomic mass is 10.3. The fourth-order valence-corrected chi connectivity index (χ4v) is 2.20. The molecule has 3 rings (SSSR count). The molecule has 0 amide bonds. The summed E-state index contributed by atoms with van der Waals surface area (Å²) in [5, 5.41) is 7.08. The number of aromatic amines is 1. The van der Waals surface area contributed by atoms with Gasteiger partial charge < -0.3 is 4.42 Å². The molecule has 19 heavy (non-hydrogen) atoms. The monoisotopic (exact) mass is 271 g/mol. The highest BCUT2D eigenvalue weighted by Gasteiger charge is 2.13. The van der Waals surface area contributed by atoms with Gasteiger partial charge in [0.2, 0.25) is 5.82 Å². The molecule has 1 aromatic carbocycles. The van der Waals surface area contributed by atoms with Gasteiger partial charge in [0.05, 0.1) is 5.69 Å². The second-order valence-corrected chi connectivity index (χ2v) is 4.53. The third-order valence-corrected chi connectivity index (χ3v) is 3.19. The first kappa shape index (κ1) is 11.9. The minimum atomic E-state index is 0.552. The van der Waals surface area contributed by atoms with Gasteiger partial charge in [0.25, 0.3) is 0 Å². The molecular weight excluding hydrogens is 258 g/mol. The molecule has 2 aromatic heterocycles. The number of aryl methyl sites for hydroxylation is 1. The Bertz CT molecular complexity index is 739. The average molecular weight is 271 g/mol. The van der Waals surface area contributed by atoms with Crippen molar-refractivity contribution in [2.24, 2.45) is 0 Å². The number of para-hydroxylation sites is 1. The summed E-state index contributed by atoms with van der Waals surface area (Å²) in [5.74, 6) is 2.34. The smallest absolute Gasteiger partial charge is 0.202 e. The lowest BCUT2D eigenvalue weighted by Gasteiger charge is -2.04. The molecule has 0 saturated carbocycles. The quantitative estimate of drug-likeness (QED) is 0.738. The van der Waals surface area contributed by atoms with Crippen LogP contribution in [0.4, 0.5) is 0 Å². The zero-order valence-electron chi connectivity index (χ0n) is 10.5. The molecule has 0 aliphatic carbocycles. The maximum absolute atomic E-state index is 5.74. The fraction of sp³-hybridized carbons (Fsp3) is 0.143. The summed E-state index contributed by atoms with van der Waals surface area (Å²) in [6.45, 7) is 2.05. The van der Waals surface area contributed by atoms with E-state index < -0.39 is 0 Å². The second-order valence-electron chi connectivity index (χ2n) is 4.14. The van der Waals surface area contributed by atoms with E-state index in [-0.39, 0.29) is 0 Å². The van der Waals surface area contributed by atoms with Gasteiger partial charge in [0, 0.05) is 6.42 Å². The zero-order valence-corrected chi connectivity index (χ0v) is 11.3. The number of rotatable bonds is 3. The molecule has 5 heteroatoms. The van der Waals surface area contributed by atoms with Crippen molar-refractivity contribution in [3.8, 4) is 17.3 Å². The maximum atomic E-state index is 5.74. The van der Waals surface area contributed by atoms with Crippen LogP contribution >= 0.6 is 12.2 Å². The summed E-state index contributed by atoms with van der Waals surface area (Å²) in [6, 6.07) is 13.7. The van der Waals surface area contributed by atoms with E-state index in [0.717, 1.165) is 17.9 Å². The van der Waals surface area contributed by atoms with Crippen molar-refractivity contribution in [1.82, 2.24) is 14.8 Å². The standard InChI is InChI=1S/C14H13N3OS/c1-2-11-8-9-12(18-11)13-15-16-14(19)17(13)10-6-4-3-5-7-10/h3-9H,2H2,1H3,(H,16,19). The predicted octanol–water partition coefficient (Wildman–Crippen LogP) is 3.75. The maximum Gasteiger partial charge on any atom is 0.202 e. The molecule has 0 radical (unpaired) electrons. The van der Waals surface area contributed by atoms with Crippen LogP contribution < -0.4 is 0 Å². The SMILES string of the molecule is CCc1ccc(-c2n[nH]c(=S)n2-c2ccccc2)o1. The van der Waals surface area contributed by atoms with Crippen molar-refractivity contribution in [2.75, 3.05) is 0 Å². The topological polar surface area (TPSA) is 46.8 Å². The Morgan fingerprint density at radius 1 is 1.21 bits per heavy atom. The van der Waals surface area contributed by atoms with E-state index in [9.17, 15) is 0 Å². The molecule has 3 aromatic rings. The van der Waals surface area contributed by atoms with E-state index in [1.165, 1.54) is 0 Å². The van der Waals surface area contributed by atoms with Gasteiger partial charge in [0.15, 0.2) is 10.5 Å². The third kappa shape index (κ3) is 2.13. The van der Waals surface area contributed by atoms with Crippen molar-refractivity contribution in [3.05, 3.63) is 53.0 Å². The van der Waals surface area contributed by atoms with Crippen LogP contribution in [-0.2, 0) is 6.42 Å². The van der Waals surface area contributed by atoms with Crippen molar-refractivity contribution in [3.63, 3.8) is 0 Å². The number of aromatic nitrogens is 3. The zero-order chi connectivity index (χ0) is 13.2. The predicted molar refractivity (Wildman–Crippen MR) is 75.8 cm³/mol. The van der Waals surface area contributed by atoms with Crippen LogP contribution in [0.2, 0.25) is 0 Å². The van der Waals surface area contributed by atoms with Gasteiger partial charge in [-0.3, -0.25) is 9.67 Å². The number of nitrogens with one attached hydrogen (secondary N) is 1. The minimum absolute atomic E-state index is 0.552. The number of nitrogens with zero attached hydrogens (tertiary/aromatic N) is 2. The van der Waals surface area contributed by atoms with Gasteiger partial charge in [-0.15, -0.1) is 0 Å². The molecule has 0 aliphatic heterocycles. The molecule has 0 spiro atoms. The Balaban J connectivity index is 2.16. The first-order chi connectivity index (χ1) is 9.29. The Labute approximate surface area is 115 Å². The highest BCUT2D eigenvalue weighted by Crippen LogP contribution is 2.23. The van der Waals surface area contributed by atoms with Crippen LogP contribution in [-0.4, -0.2) is 14.8 Å². The minimum Gasteiger partial charge on any atom is -0.458 e. The molecule has 0 fully saturated rings. The van der Waals surface area contributed by atoms with Crippen LogP contribution in [0.5, 0.6) is 0 Å². The van der Waals surface area contributed by atoms with Crippen LogP contribution in [0.25, 0.3) is 17.3 Å². The highest BCUT2D eigenvalue weighted by molar-refractivity contribution is 7.71. The largest absolute Gasteiger partial charge is 0.458 e. The van der Waals surface area contributed by atoms with Gasteiger partial charge in [-0.1, -0.05) is 25.1 Å². The Kier molecular flexibility index (Phi) is 3.05. The fourth-order valence-electron chi connectivity index (χ4n) is 1.97. The van der Waals surface area contributed by atoms with Crippen molar-refractivity contribution in [1.29, 1.82) is 0 Å². The first-order valence-corrected chi connectivity index (χ1v) is 6.52. The van der Waals surface area contributed by atoms with E-state index >= 15 is 0 Å². The van der Waals surface area contributed by atoms with Crippen LogP contribution in [0.15, 0.2) is 46.9 Å². The Morgan fingerprint density at radius 2 is 2.00 bits per heavy atom. The molecule has 0 saturated heterocycles. The van der Waals surface area contributed by atoms with E-state index in [0.29, 0.717) is 16.4 Å². The summed E-state index contributed by atoms with van der Waals surface area (Å²) in [7, 11) is 0. The van der Waals surface area contributed by atoms with E-state index in [1.807, 2.05) is 47.0 Å². The van der Waals surface area contributed by atoms with Crippen LogP contribution in [0.1, 0.15) is 12.7 Å². The van der Waals surface area contributed by atoms with Gasteiger partial charge >= 0.3 is 0 Å². The van der Waals surface area contributed by atoms with E-state index in [1.54, 1.807) is 0 Å². The van der Waals surface area contributed by atoms with Crippen molar-refractivity contribution < 1.29 is 4.42 Å². The van der Waals surface area contributed by atoms with Gasteiger partial charge in [-0.25, -0.2) is 0 Å². The number of hydrogen-bond donors (Lipinski definition) is 1. The molecule has 4 nitrogen and oxygen atoms in total. The summed E-state index contributed by atoms with van der Waals surface area (Å²) in [4.78, 5) is 0. The van der Waals surface area contributed by atoms with E-state index in [2.05, 4.69) is 17.1 Å². The number of furan rings is 1. The Hall–Kier alpha value is -2.14. The summed E-state index contributed by atoms with van der Waals surface area (Å²) >= 11 is 5.29. The molecular formula is C14H13N3OS. The van der Waals surface area contributed by atoms with Gasteiger partial charge in [0.1, 0.15) is 5.76 Å². The average Bonchev–Trinajstić information content (AvgIpc) is 3.05. The lowest BCUT2D eigenvalue weighted by molar-refractivity contribution is 0.524. The first-order valence-electron chi connectivity index (χ1n) is 6.11. The number of H-pyrrole nitrogens is 1. The molecule has 0 aliphatic rings. The van der Waals surface area contributed by atoms with E-state index in [4.69, 9.17) is 16.6 Å². The molecule has 2 heterocycles. The molecule has 0 unspecified atom stereocenters. The van der Waals surface area contributed by atoms with Crippen molar-refractivity contribution >= 4 is 12.2 Å².